The van der Waals surface area contributed by atoms with Gasteiger partial charge in [0.05, 0.1) is 5.56 Å². The summed E-state index contributed by atoms with van der Waals surface area (Å²) in [6.45, 7) is 2.95. The van der Waals surface area contributed by atoms with Crippen LogP contribution in [0.15, 0.2) is 24.4 Å². The largest absolute Gasteiger partial charge is 0.399 e. The number of aromatic amines is 1. The maximum Gasteiger partial charge on any atom is 0.253 e. The molecule has 1 fully saturated rings. The average Bonchev–Trinajstić information content (AvgIpc) is 3.16. The average molecular weight is 257 g/mol. The summed E-state index contributed by atoms with van der Waals surface area (Å²) >= 11 is 0. The number of carbonyl (C=O) groups excluding carboxylic acids is 1. The summed E-state index contributed by atoms with van der Waals surface area (Å²) in [5.41, 5.74) is 8.06. The van der Waals surface area contributed by atoms with Gasteiger partial charge in [-0.2, -0.15) is 0 Å². The molecule has 4 nitrogen and oxygen atoms in total. The standard InChI is InChI=1S/C15H19N3O/c1-9(10-2-3-10)7-18-15(19)13-8-17-14-5-4-11(16)6-12(13)14/h4-6,8-10,17H,2-3,7,16H2,1H3,(H,18,19). The molecule has 1 aliphatic carbocycles. The molecule has 1 heterocycles. The van der Waals surface area contributed by atoms with Crippen molar-refractivity contribution in [3.05, 3.63) is 30.0 Å². The maximum atomic E-state index is 12.2. The smallest absolute Gasteiger partial charge is 0.253 e. The Hall–Kier alpha value is -1.97. The normalized spacial score (nSPS) is 16.5. The number of rotatable bonds is 4. The summed E-state index contributed by atoms with van der Waals surface area (Å²) in [5.74, 6) is 1.35. The van der Waals surface area contributed by atoms with Crippen molar-refractivity contribution in [1.29, 1.82) is 0 Å². The second kappa shape index (κ2) is 4.61. The minimum Gasteiger partial charge on any atom is -0.399 e. The van der Waals surface area contributed by atoms with Crippen LogP contribution >= 0.6 is 0 Å². The quantitative estimate of drug-likeness (QED) is 0.736. The number of hydrogen-bond donors (Lipinski definition) is 3. The Morgan fingerprint density at radius 3 is 3.05 bits per heavy atom. The Balaban J connectivity index is 1.75. The molecule has 3 rings (SSSR count). The molecule has 0 bridgehead atoms. The van der Waals surface area contributed by atoms with E-state index in [1.807, 2.05) is 18.2 Å². The molecule has 1 unspecified atom stereocenters. The Kier molecular flexibility index (Phi) is 2.93. The summed E-state index contributed by atoms with van der Waals surface area (Å²) < 4.78 is 0. The monoisotopic (exact) mass is 257 g/mol. The first-order valence-corrected chi connectivity index (χ1v) is 6.80. The Labute approximate surface area is 112 Å². The number of aromatic nitrogens is 1. The second-order valence-corrected chi connectivity index (χ2v) is 5.53. The van der Waals surface area contributed by atoms with Gasteiger partial charge < -0.3 is 16.0 Å². The molecular formula is C15H19N3O. The molecule has 19 heavy (non-hydrogen) atoms. The molecule has 0 spiro atoms. The molecule has 100 valence electrons. The lowest BCUT2D eigenvalue weighted by atomic mass is 10.1. The van der Waals surface area contributed by atoms with Crippen molar-refractivity contribution in [2.45, 2.75) is 19.8 Å². The highest BCUT2D eigenvalue weighted by Gasteiger charge is 2.28. The van der Waals surface area contributed by atoms with E-state index in [0.29, 0.717) is 17.2 Å². The van der Waals surface area contributed by atoms with Crippen LogP contribution < -0.4 is 11.1 Å². The third-order valence-corrected chi connectivity index (χ3v) is 3.96. The third kappa shape index (κ3) is 2.43. The van der Waals surface area contributed by atoms with E-state index in [-0.39, 0.29) is 5.91 Å². The number of anilines is 1. The third-order valence-electron chi connectivity index (χ3n) is 3.96. The molecule has 1 aliphatic rings. The number of nitrogens with two attached hydrogens (primary N) is 1. The lowest BCUT2D eigenvalue weighted by Gasteiger charge is -2.11. The highest BCUT2D eigenvalue weighted by molar-refractivity contribution is 6.07. The first-order valence-electron chi connectivity index (χ1n) is 6.80. The molecular weight excluding hydrogens is 238 g/mol. The Morgan fingerprint density at radius 1 is 1.53 bits per heavy atom. The van der Waals surface area contributed by atoms with Gasteiger partial charge in [-0.3, -0.25) is 4.79 Å². The number of fused-ring (bicyclic) bond motifs is 1. The molecule has 0 radical (unpaired) electrons. The summed E-state index contributed by atoms with van der Waals surface area (Å²) in [6, 6.07) is 5.56. The van der Waals surface area contributed by atoms with Crippen LogP contribution in [0.25, 0.3) is 10.9 Å². The number of nitrogen functional groups attached to an aromatic ring is 1. The zero-order chi connectivity index (χ0) is 13.4. The van der Waals surface area contributed by atoms with E-state index in [1.54, 1.807) is 6.20 Å². The van der Waals surface area contributed by atoms with Crippen LogP contribution in [-0.2, 0) is 0 Å². The van der Waals surface area contributed by atoms with Crippen LogP contribution in [0.5, 0.6) is 0 Å². The van der Waals surface area contributed by atoms with E-state index in [1.165, 1.54) is 12.8 Å². The van der Waals surface area contributed by atoms with Crippen LogP contribution in [-0.4, -0.2) is 17.4 Å². The van der Waals surface area contributed by atoms with Gasteiger partial charge in [0.15, 0.2) is 0 Å². The predicted molar refractivity (Wildman–Crippen MR) is 76.9 cm³/mol. The molecule has 1 amide bonds. The van der Waals surface area contributed by atoms with Gasteiger partial charge in [0, 0.05) is 29.3 Å². The van der Waals surface area contributed by atoms with Gasteiger partial charge >= 0.3 is 0 Å². The van der Waals surface area contributed by atoms with Gasteiger partial charge in [0.2, 0.25) is 0 Å². The van der Waals surface area contributed by atoms with Gasteiger partial charge in [-0.25, -0.2) is 0 Å². The number of carbonyl (C=O) groups is 1. The molecule has 2 aromatic rings. The summed E-state index contributed by atoms with van der Waals surface area (Å²) in [4.78, 5) is 15.3. The fraction of sp³-hybridized carbons (Fsp3) is 0.400. The minimum absolute atomic E-state index is 0.0237. The highest BCUT2D eigenvalue weighted by Crippen LogP contribution is 2.36. The number of hydrogen-bond acceptors (Lipinski definition) is 2. The van der Waals surface area contributed by atoms with Crippen molar-refractivity contribution < 1.29 is 4.79 Å². The molecule has 1 aromatic heterocycles. The van der Waals surface area contributed by atoms with Gasteiger partial charge in [-0.05, 0) is 42.9 Å². The summed E-state index contributed by atoms with van der Waals surface area (Å²) in [7, 11) is 0. The van der Waals surface area contributed by atoms with E-state index in [0.717, 1.165) is 23.4 Å². The second-order valence-electron chi connectivity index (χ2n) is 5.53. The Bertz CT molecular complexity index is 613. The molecule has 4 heteroatoms. The molecule has 1 saturated carbocycles. The first kappa shape index (κ1) is 12.1. The topological polar surface area (TPSA) is 70.9 Å². The fourth-order valence-electron chi connectivity index (χ4n) is 2.51. The molecule has 0 saturated heterocycles. The van der Waals surface area contributed by atoms with E-state index in [9.17, 15) is 4.79 Å². The zero-order valence-corrected chi connectivity index (χ0v) is 11.1. The molecule has 4 N–H and O–H groups in total. The number of benzene rings is 1. The van der Waals surface area contributed by atoms with Crippen molar-refractivity contribution >= 4 is 22.5 Å². The van der Waals surface area contributed by atoms with Crippen molar-refractivity contribution in [3.63, 3.8) is 0 Å². The van der Waals surface area contributed by atoms with E-state index < -0.39 is 0 Å². The van der Waals surface area contributed by atoms with Gasteiger partial charge in [-0.1, -0.05) is 6.92 Å². The molecule has 1 aromatic carbocycles. The minimum atomic E-state index is -0.0237. The van der Waals surface area contributed by atoms with Crippen LogP contribution in [0, 0.1) is 11.8 Å². The molecule has 1 atom stereocenters. The van der Waals surface area contributed by atoms with Gasteiger partial charge in [0.1, 0.15) is 0 Å². The van der Waals surface area contributed by atoms with Crippen LogP contribution in [0.4, 0.5) is 5.69 Å². The van der Waals surface area contributed by atoms with Crippen molar-refractivity contribution in [2.24, 2.45) is 11.8 Å². The van der Waals surface area contributed by atoms with Crippen molar-refractivity contribution in [2.75, 3.05) is 12.3 Å². The summed E-state index contributed by atoms with van der Waals surface area (Å²) in [6.07, 6.45) is 4.36. The van der Waals surface area contributed by atoms with Crippen molar-refractivity contribution in [1.82, 2.24) is 10.3 Å². The predicted octanol–water partition coefficient (Wildman–Crippen LogP) is 2.53. The SMILES string of the molecule is CC(CNC(=O)c1c[nH]c2ccc(N)cc12)C1CC1. The number of nitrogens with one attached hydrogen (secondary N) is 2. The maximum absolute atomic E-state index is 12.2. The fourth-order valence-corrected chi connectivity index (χ4v) is 2.51. The summed E-state index contributed by atoms with van der Waals surface area (Å²) in [5, 5.41) is 3.90. The van der Waals surface area contributed by atoms with Gasteiger partial charge in [-0.15, -0.1) is 0 Å². The number of amides is 1. The van der Waals surface area contributed by atoms with E-state index in [2.05, 4.69) is 17.2 Å². The van der Waals surface area contributed by atoms with Crippen LogP contribution in [0.2, 0.25) is 0 Å². The lowest BCUT2D eigenvalue weighted by Crippen LogP contribution is -2.28. The van der Waals surface area contributed by atoms with Gasteiger partial charge in [0.25, 0.3) is 5.91 Å². The molecule has 0 aliphatic heterocycles. The van der Waals surface area contributed by atoms with E-state index >= 15 is 0 Å². The lowest BCUT2D eigenvalue weighted by molar-refractivity contribution is 0.0948. The highest BCUT2D eigenvalue weighted by atomic mass is 16.1. The Morgan fingerprint density at radius 2 is 2.32 bits per heavy atom. The zero-order valence-electron chi connectivity index (χ0n) is 11.1. The van der Waals surface area contributed by atoms with Crippen molar-refractivity contribution in [3.8, 4) is 0 Å². The number of H-pyrrole nitrogens is 1. The van der Waals surface area contributed by atoms with E-state index in [4.69, 9.17) is 5.73 Å². The first-order chi connectivity index (χ1) is 9.15. The van der Waals surface area contributed by atoms with Crippen LogP contribution in [0.1, 0.15) is 30.1 Å². The van der Waals surface area contributed by atoms with Crippen LogP contribution in [0.3, 0.4) is 0 Å².